The number of hydrogen-bond acceptors (Lipinski definition) is 4. The van der Waals surface area contributed by atoms with Crippen molar-refractivity contribution in [3.63, 3.8) is 0 Å². The first-order valence-corrected chi connectivity index (χ1v) is 17.9. The van der Waals surface area contributed by atoms with E-state index in [1.165, 1.54) is 21.9 Å². The number of benzene rings is 9. The Balaban J connectivity index is 1.12. The molecule has 11 rings (SSSR count). The minimum atomic E-state index is 0.619. The van der Waals surface area contributed by atoms with Crippen LogP contribution in [-0.4, -0.2) is 4.98 Å². The molecule has 11 aromatic rings. The molecule has 0 spiro atoms. The summed E-state index contributed by atoms with van der Waals surface area (Å²) in [5.74, 6) is 0.619. The lowest BCUT2D eigenvalue weighted by Gasteiger charge is -2.26. The maximum Gasteiger partial charge on any atom is 0.227 e. The summed E-state index contributed by atoms with van der Waals surface area (Å²) >= 11 is 0. The van der Waals surface area contributed by atoms with Crippen molar-refractivity contribution in [3.8, 4) is 22.6 Å². The van der Waals surface area contributed by atoms with Gasteiger partial charge in [0.2, 0.25) is 5.89 Å². The van der Waals surface area contributed by atoms with Crippen molar-refractivity contribution in [2.45, 2.75) is 0 Å². The summed E-state index contributed by atoms with van der Waals surface area (Å²) in [6.45, 7) is 0. The van der Waals surface area contributed by atoms with Gasteiger partial charge >= 0.3 is 0 Å². The lowest BCUT2D eigenvalue weighted by molar-refractivity contribution is 0.623. The van der Waals surface area contributed by atoms with E-state index in [-0.39, 0.29) is 0 Å². The minimum Gasteiger partial charge on any atom is -0.456 e. The molecule has 0 aliphatic rings. The second-order valence-electron chi connectivity index (χ2n) is 13.6. The Morgan fingerprint density at radius 1 is 0.377 bits per heavy atom. The van der Waals surface area contributed by atoms with Gasteiger partial charge in [-0.25, -0.2) is 4.98 Å². The van der Waals surface area contributed by atoms with E-state index in [0.29, 0.717) is 5.89 Å². The van der Waals surface area contributed by atoms with Crippen molar-refractivity contribution in [2.24, 2.45) is 0 Å². The fraction of sp³-hybridized carbons (Fsp3) is 0. The number of furan rings is 1. The third kappa shape index (κ3) is 4.88. The second kappa shape index (κ2) is 11.7. The normalized spacial score (nSPS) is 11.8. The van der Waals surface area contributed by atoms with Crippen LogP contribution in [0.3, 0.4) is 0 Å². The van der Waals surface area contributed by atoms with E-state index in [9.17, 15) is 0 Å². The van der Waals surface area contributed by atoms with Crippen molar-refractivity contribution >= 4 is 82.4 Å². The van der Waals surface area contributed by atoms with Crippen LogP contribution in [0, 0.1) is 0 Å². The highest BCUT2D eigenvalue weighted by molar-refractivity contribution is 6.19. The maximum absolute atomic E-state index is 6.57. The molecule has 2 heterocycles. The van der Waals surface area contributed by atoms with Crippen LogP contribution in [-0.2, 0) is 0 Å². The summed E-state index contributed by atoms with van der Waals surface area (Å²) in [7, 11) is 0. The molecule has 4 heteroatoms. The zero-order valence-corrected chi connectivity index (χ0v) is 28.5. The Kier molecular flexibility index (Phi) is 6.52. The van der Waals surface area contributed by atoms with Crippen molar-refractivity contribution in [1.29, 1.82) is 0 Å². The summed E-state index contributed by atoms with van der Waals surface area (Å²) in [4.78, 5) is 7.21. The van der Waals surface area contributed by atoms with Crippen LogP contribution < -0.4 is 4.90 Å². The molecule has 0 saturated carbocycles. The monoisotopic (exact) mass is 678 g/mol. The van der Waals surface area contributed by atoms with Crippen LogP contribution in [0.1, 0.15) is 0 Å². The molecular formula is C49H30N2O2. The Bertz CT molecular complexity index is 3160. The van der Waals surface area contributed by atoms with Gasteiger partial charge in [-0.15, -0.1) is 0 Å². The standard InChI is InChI=1S/C49H30N2O2/c1-3-9-31(10-4-1)32-17-21-38(22-18-32)51(40-24-25-41-43-27-36-13-7-8-14-37(36)28-45(43)52-46(41)30-40)39-23-19-33-15-16-34-20-26-44-48(47(34)42(33)29-39)53-49(50-44)35-11-5-2-6-12-35/h1-30H. The molecule has 9 aromatic carbocycles. The van der Waals surface area contributed by atoms with Crippen LogP contribution in [0.15, 0.2) is 191 Å². The lowest BCUT2D eigenvalue weighted by Crippen LogP contribution is -2.09. The third-order valence-corrected chi connectivity index (χ3v) is 10.4. The Labute approximate surface area is 304 Å². The number of aromatic nitrogens is 1. The lowest BCUT2D eigenvalue weighted by atomic mass is 9.99. The predicted octanol–water partition coefficient (Wildman–Crippen LogP) is 14.0. The van der Waals surface area contributed by atoms with E-state index < -0.39 is 0 Å². The molecule has 0 amide bonds. The molecule has 53 heavy (non-hydrogen) atoms. The van der Waals surface area contributed by atoms with Crippen molar-refractivity contribution in [3.05, 3.63) is 182 Å². The molecule has 4 nitrogen and oxygen atoms in total. The van der Waals surface area contributed by atoms with E-state index in [0.717, 1.165) is 77.2 Å². The molecule has 0 saturated heterocycles. The number of rotatable bonds is 5. The molecule has 0 N–H and O–H groups in total. The van der Waals surface area contributed by atoms with Gasteiger partial charge in [-0.1, -0.05) is 109 Å². The first-order chi connectivity index (χ1) is 26.2. The van der Waals surface area contributed by atoms with Gasteiger partial charge in [-0.05, 0) is 105 Å². The van der Waals surface area contributed by atoms with Crippen LogP contribution in [0.25, 0.3) is 87.9 Å². The number of oxazole rings is 1. The third-order valence-electron chi connectivity index (χ3n) is 10.4. The second-order valence-corrected chi connectivity index (χ2v) is 13.6. The highest BCUT2D eigenvalue weighted by Gasteiger charge is 2.19. The molecule has 0 fully saturated rings. The van der Waals surface area contributed by atoms with Crippen molar-refractivity contribution < 1.29 is 8.83 Å². The number of anilines is 3. The highest BCUT2D eigenvalue weighted by Crippen LogP contribution is 2.42. The summed E-state index contributed by atoms with van der Waals surface area (Å²) in [5, 5.41) is 8.97. The smallest absolute Gasteiger partial charge is 0.227 e. The highest BCUT2D eigenvalue weighted by atomic mass is 16.3. The molecule has 0 unspecified atom stereocenters. The van der Waals surface area contributed by atoms with Gasteiger partial charge in [0.15, 0.2) is 5.58 Å². The van der Waals surface area contributed by atoms with Gasteiger partial charge in [0, 0.05) is 44.9 Å². The Morgan fingerprint density at radius 3 is 1.79 bits per heavy atom. The zero-order valence-electron chi connectivity index (χ0n) is 28.5. The average molecular weight is 679 g/mol. The summed E-state index contributed by atoms with van der Waals surface area (Å²) in [6.07, 6.45) is 0. The minimum absolute atomic E-state index is 0.619. The number of hydrogen-bond donors (Lipinski definition) is 0. The maximum atomic E-state index is 6.57. The van der Waals surface area contributed by atoms with Crippen LogP contribution in [0.2, 0.25) is 0 Å². The van der Waals surface area contributed by atoms with Crippen LogP contribution >= 0.6 is 0 Å². The quantitative estimate of drug-likeness (QED) is 0.170. The number of fused-ring (bicyclic) bond motifs is 9. The van der Waals surface area contributed by atoms with Gasteiger partial charge in [-0.2, -0.15) is 0 Å². The van der Waals surface area contributed by atoms with Gasteiger partial charge in [0.25, 0.3) is 0 Å². The van der Waals surface area contributed by atoms with E-state index in [1.807, 2.05) is 30.3 Å². The molecule has 248 valence electrons. The Hall–Kier alpha value is -7.17. The average Bonchev–Trinajstić information content (AvgIpc) is 3.82. The van der Waals surface area contributed by atoms with E-state index >= 15 is 0 Å². The predicted molar refractivity (Wildman–Crippen MR) is 219 cm³/mol. The number of nitrogens with zero attached hydrogens (tertiary/aromatic N) is 2. The van der Waals surface area contributed by atoms with Crippen LogP contribution in [0.4, 0.5) is 17.1 Å². The van der Waals surface area contributed by atoms with Crippen molar-refractivity contribution in [2.75, 3.05) is 4.90 Å². The molecule has 0 radical (unpaired) electrons. The van der Waals surface area contributed by atoms with E-state index in [4.69, 9.17) is 13.8 Å². The van der Waals surface area contributed by atoms with Crippen LogP contribution in [0.5, 0.6) is 0 Å². The molecular weight excluding hydrogens is 649 g/mol. The topological polar surface area (TPSA) is 42.4 Å². The van der Waals surface area contributed by atoms with Gasteiger partial charge in [-0.3, -0.25) is 0 Å². The molecule has 2 aromatic heterocycles. The SMILES string of the molecule is c1ccc(-c2ccc(N(c3ccc4c(c3)oc3cc5ccccc5cc34)c3ccc4ccc5ccc6nc(-c7ccccc7)oc6c5c4c3)cc2)cc1. The zero-order chi connectivity index (χ0) is 34.9. The summed E-state index contributed by atoms with van der Waals surface area (Å²) in [5.41, 5.74) is 9.75. The van der Waals surface area contributed by atoms with Gasteiger partial charge < -0.3 is 13.7 Å². The summed E-state index contributed by atoms with van der Waals surface area (Å²) in [6, 6.07) is 64.0. The summed E-state index contributed by atoms with van der Waals surface area (Å²) < 4.78 is 13.1. The molecule has 0 bridgehead atoms. The Morgan fingerprint density at radius 2 is 0.981 bits per heavy atom. The molecule has 0 aliphatic heterocycles. The van der Waals surface area contributed by atoms with Gasteiger partial charge in [0.1, 0.15) is 16.7 Å². The molecule has 0 atom stereocenters. The fourth-order valence-corrected chi connectivity index (χ4v) is 7.82. The van der Waals surface area contributed by atoms with Gasteiger partial charge in [0.05, 0.1) is 0 Å². The first kappa shape index (κ1) is 29.5. The van der Waals surface area contributed by atoms with E-state index in [2.05, 4.69) is 157 Å². The fourth-order valence-electron chi connectivity index (χ4n) is 7.82. The van der Waals surface area contributed by atoms with E-state index in [1.54, 1.807) is 0 Å². The molecule has 0 aliphatic carbocycles. The largest absolute Gasteiger partial charge is 0.456 e. The first-order valence-electron chi connectivity index (χ1n) is 17.9. The van der Waals surface area contributed by atoms with Crippen molar-refractivity contribution in [1.82, 2.24) is 4.98 Å².